The number of anilines is 1. The molecule has 0 atom stereocenters. The normalized spacial score (nSPS) is 15.2. The minimum atomic E-state index is -1.04. The summed E-state index contributed by atoms with van der Waals surface area (Å²) in [6, 6.07) is 13.0. The van der Waals surface area contributed by atoms with Gasteiger partial charge in [0.05, 0.1) is 16.6 Å². The molecule has 3 heterocycles. The van der Waals surface area contributed by atoms with Crippen LogP contribution in [0.4, 0.5) is 14.9 Å². The van der Waals surface area contributed by atoms with E-state index in [4.69, 9.17) is 0 Å². The first-order chi connectivity index (χ1) is 17.2. The summed E-state index contributed by atoms with van der Waals surface area (Å²) in [4.78, 5) is 56.6. The summed E-state index contributed by atoms with van der Waals surface area (Å²) in [5.74, 6) is -2.20. The van der Waals surface area contributed by atoms with Crippen molar-refractivity contribution in [2.45, 2.75) is 20.8 Å². The van der Waals surface area contributed by atoms with E-state index in [0.717, 1.165) is 6.07 Å². The highest BCUT2D eigenvalue weighted by Crippen LogP contribution is 2.26. The molecule has 0 unspecified atom stereocenters. The van der Waals surface area contributed by atoms with Gasteiger partial charge in [-0.1, -0.05) is 24.3 Å². The van der Waals surface area contributed by atoms with E-state index in [0.29, 0.717) is 38.6 Å². The summed E-state index contributed by atoms with van der Waals surface area (Å²) in [7, 11) is 0. The van der Waals surface area contributed by atoms with E-state index < -0.39 is 23.7 Å². The molecule has 0 radical (unpaired) electrons. The van der Waals surface area contributed by atoms with Crippen molar-refractivity contribution in [2.75, 3.05) is 4.90 Å². The molecule has 36 heavy (non-hydrogen) atoms. The summed E-state index contributed by atoms with van der Waals surface area (Å²) in [6.07, 6.45) is 1.33. The predicted molar refractivity (Wildman–Crippen MR) is 131 cm³/mol. The lowest BCUT2D eigenvalue weighted by atomic mass is 10.1. The first-order valence-corrected chi connectivity index (χ1v) is 11.0. The van der Waals surface area contributed by atoms with Crippen molar-refractivity contribution in [1.29, 1.82) is 0 Å². The second-order valence-electron chi connectivity index (χ2n) is 8.34. The van der Waals surface area contributed by atoms with E-state index >= 15 is 0 Å². The predicted octanol–water partition coefficient (Wildman–Crippen LogP) is 3.24. The number of fused-ring (bicyclic) bond motifs is 1. The molecule has 10 heteroatoms. The van der Waals surface area contributed by atoms with Crippen molar-refractivity contribution < 1.29 is 18.8 Å². The van der Waals surface area contributed by atoms with Gasteiger partial charge in [0, 0.05) is 11.4 Å². The molecule has 2 aromatic carbocycles. The standard InChI is InChI=1S/C26H20FN5O4/c1-14-12-17(15(2)31(14)32-16(3)28-21-10-6-4-8-18(21)25(32)35)13-19-23(33)29-26(36)30(24(19)34)22-11-7-5-9-20(22)27/h4-13H,1-3H3,(H,29,33,36). The van der Waals surface area contributed by atoms with Crippen LogP contribution >= 0.6 is 0 Å². The largest absolute Gasteiger partial charge is 0.336 e. The molecule has 1 N–H and O–H groups in total. The van der Waals surface area contributed by atoms with E-state index in [1.165, 1.54) is 29.0 Å². The van der Waals surface area contributed by atoms with Crippen LogP contribution in [-0.4, -0.2) is 32.2 Å². The average Bonchev–Trinajstić information content (AvgIpc) is 3.10. The van der Waals surface area contributed by atoms with Crippen LogP contribution in [0.15, 0.2) is 65.0 Å². The molecule has 2 aromatic heterocycles. The van der Waals surface area contributed by atoms with Crippen LogP contribution in [0.25, 0.3) is 17.0 Å². The van der Waals surface area contributed by atoms with E-state index in [1.54, 1.807) is 55.8 Å². The lowest BCUT2D eigenvalue weighted by Gasteiger charge is -2.26. The molecular formula is C26H20FN5O4. The van der Waals surface area contributed by atoms with Gasteiger partial charge in [0.1, 0.15) is 17.2 Å². The van der Waals surface area contributed by atoms with Crippen molar-refractivity contribution in [2.24, 2.45) is 0 Å². The molecule has 0 spiro atoms. The lowest BCUT2D eigenvalue weighted by molar-refractivity contribution is -0.122. The van der Waals surface area contributed by atoms with E-state index in [1.807, 2.05) is 0 Å². The SMILES string of the molecule is Cc1cc(C=C2C(=O)NC(=O)N(c3ccccc3F)C2=O)c(C)n1-n1c(C)nc2ccccc2c1=O. The Balaban J connectivity index is 1.64. The zero-order chi connectivity index (χ0) is 25.7. The monoisotopic (exact) mass is 485 g/mol. The third kappa shape index (κ3) is 3.50. The number of carbonyl (C=O) groups excluding carboxylic acids is 3. The topological polar surface area (TPSA) is 106 Å². The Morgan fingerprint density at radius 2 is 1.61 bits per heavy atom. The fraction of sp³-hybridized carbons (Fsp3) is 0.115. The zero-order valence-corrected chi connectivity index (χ0v) is 19.6. The number of barbiturate groups is 1. The lowest BCUT2D eigenvalue weighted by Crippen LogP contribution is -2.54. The Morgan fingerprint density at radius 1 is 0.917 bits per heavy atom. The number of hydrogen-bond acceptors (Lipinski definition) is 5. The van der Waals surface area contributed by atoms with Crippen molar-refractivity contribution in [3.8, 4) is 0 Å². The number of imide groups is 2. The van der Waals surface area contributed by atoms with Crippen LogP contribution in [0.2, 0.25) is 0 Å². The smallest absolute Gasteiger partial charge is 0.273 e. The average molecular weight is 485 g/mol. The Morgan fingerprint density at radius 3 is 2.36 bits per heavy atom. The Kier molecular flexibility index (Phi) is 5.36. The molecule has 1 saturated heterocycles. The van der Waals surface area contributed by atoms with Gasteiger partial charge in [-0.2, -0.15) is 4.68 Å². The van der Waals surface area contributed by atoms with Gasteiger partial charge in [-0.05, 0) is 62.7 Å². The maximum absolute atomic E-state index is 14.3. The van der Waals surface area contributed by atoms with Crippen LogP contribution in [0.3, 0.4) is 0 Å². The number of halogens is 1. The van der Waals surface area contributed by atoms with Gasteiger partial charge in [0.25, 0.3) is 17.4 Å². The van der Waals surface area contributed by atoms with Crippen LogP contribution in [0.1, 0.15) is 22.8 Å². The van der Waals surface area contributed by atoms with Gasteiger partial charge >= 0.3 is 6.03 Å². The highest BCUT2D eigenvalue weighted by Gasteiger charge is 2.38. The van der Waals surface area contributed by atoms with Gasteiger partial charge in [-0.3, -0.25) is 24.4 Å². The zero-order valence-electron chi connectivity index (χ0n) is 19.6. The van der Waals surface area contributed by atoms with Crippen LogP contribution < -0.4 is 15.8 Å². The quantitative estimate of drug-likeness (QED) is 0.354. The molecular weight excluding hydrogens is 465 g/mol. The van der Waals surface area contributed by atoms with Gasteiger partial charge in [-0.15, -0.1) is 0 Å². The molecule has 4 amide bonds. The van der Waals surface area contributed by atoms with E-state index in [9.17, 15) is 23.6 Å². The molecule has 0 saturated carbocycles. The number of carbonyl (C=O) groups is 3. The first kappa shape index (κ1) is 22.9. The summed E-state index contributed by atoms with van der Waals surface area (Å²) >= 11 is 0. The number of nitrogens with zero attached hydrogens (tertiary/aromatic N) is 4. The van der Waals surface area contributed by atoms with Crippen molar-refractivity contribution in [3.63, 3.8) is 0 Å². The highest BCUT2D eigenvalue weighted by atomic mass is 19.1. The number of urea groups is 1. The summed E-state index contributed by atoms with van der Waals surface area (Å²) in [6.45, 7) is 5.21. The molecule has 1 aliphatic rings. The number of aryl methyl sites for hydroxylation is 2. The van der Waals surface area contributed by atoms with Crippen molar-refractivity contribution in [1.82, 2.24) is 19.7 Å². The number of hydrogen-bond donors (Lipinski definition) is 1. The summed E-state index contributed by atoms with van der Waals surface area (Å²) in [5.41, 5.74) is 1.34. The number of benzene rings is 2. The van der Waals surface area contributed by atoms with Crippen molar-refractivity contribution in [3.05, 3.63) is 99.1 Å². The highest BCUT2D eigenvalue weighted by molar-refractivity contribution is 6.39. The minimum absolute atomic E-state index is 0.270. The first-order valence-electron chi connectivity index (χ1n) is 11.0. The van der Waals surface area contributed by atoms with Crippen LogP contribution in [0.5, 0.6) is 0 Å². The molecule has 0 bridgehead atoms. The maximum atomic E-state index is 14.3. The number of rotatable bonds is 3. The summed E-state index contributed by atoms with van der Waals surface area (Å²) in [5, 5.41) is 2.53. The van der Waals surface area contributed by atoms with E-state index in [2.05, 4.69) is 10.3 Å². The Bertz CT molecular complexity index is 1700. The molecule has 1 aliphatic heterocycles. The van der Waals surface area contributed by atoms with Gasteiger partial charge in [-0.25, -0.2) is 19.1 Å². The van der Waals surface area contributed by atoms with E-state index in [-0.39, 0.29) is 16.8 Å². The fourth-order valence-corrected chi connectivity index (χ4v) is 4.37. The number of nitrogens with one attached hydrogen (secondary N) is 1. The fourth-order valence-electron chi connectivity index (χ4n) is 4.37. The van der Waals surface area contributed by atoms with Crippen molar-refractivity contribution >= 4 is 40.5 Å². The molecule has 180 valence electrons. The minimum Gasteiger partial charge on any atom is -0.273 e. The molecule has 0 aliphatic carbocycles. The second-order valence-corrected chi connectivity index (χ2v) is 8.34. The number of para-hydroxylation sites is 2. The van der Waals surface area contributed by atoms with Gasteiger partial charge in [0.2, 0.25) is 0 Å². The van der Waals surface area contributed by atoms with Gasteiger partial charge < -0.3 is 0 Å². The maximum Gasteiger partial charge on any atom is 0.336 e. The molecule has 9 nitrogen and oxygen atoms in total. The third-order valence-electron chi connectivity index (χ3n) is 6.04. The van der Waals surface area contributed by atoms with Crippen LogP contribution in [-0.2, 0) is 9.59 Å². The Hall–Kier alpha value is -4.86. The van der Waals surface area contributed by atoms with Gasteiger partial charge in [0.15, 0.2) is 0 Å². The van der Waals surface area contributed by atoms with Crippen LogP contribution in [0, 0.1) is 26.6 Å². The second kappa shape index (κ2) is 8.42. The number of amides is 4. The molecule has 5 rings (SSSR count). The molecule has 4 aromatic rings. The third-order valence-corrected chi connectivity index (χ3v) is 6.04. The summed E-state index contributed by atoms with van der Waals surface area (Å²) < 4.78 is 17.4. The number of aromatic nitrogens is 3. The molecule has 1 fully saturated rings. The Labute approximate surface area is 204 Å².